The van der Waals surface area contributed by atoms with Crippen molar-refractivity contribution in [1.82, 2.24) is 5.32 Å². The van der Waals surface area contributed by atoms with Crippen LogP contribution in [0.15, 0.2) is 0 Å². The number of rotatable bonds is 10. The van der Waals surface area contributed by atoms with Gasteiger partial charge in [-0.2, -0.15) is 0 Å². The van der Waals surface area contributed by atoms with E-state index < -0.39 is 11.5 Å². The average molecular weight is 258 g/mol. The smallest absolute Gasteiger partial charge is 0.329 e. The van der Waals surface area contributed by atoms with Crippen LogP contribution in [-0.4, -0.2) is 29.1 Å². The molecule has 0 aliphatic carbocycles. The van der Waals surface area contributed by atoms with Crippen molar-refractivity contribution in [3.63, 3.8) is 0 Å². The highest BCUT2D eigenvalue weighted by Gasteiger charge is 2.33. The van der Waals surface area contributed by atoms with Crippen LogP contribution in [0.5, 0.6) is 0 Å². The largest absolute Gasteiger partial charge is 0.480 e. The first-order chi connectivity index (χ1) is 8.46. The van der Waals surface area contributed by atoms with Gasteiger partial charge in [-0.1, -0.05) is 26.2 Å². The van der Waals surface area contributed by atoms with Crippen LogP contribution in [0, 0.1) is 0 Å². The maximum Gasteiger partial charge on any atom is 0.329 e. The quantitative estimate of drug-likeness (QED) is 0.519. The highest BCUT2D eigenvalue weighted by molar-refractivity contribution is 5.86. The van der Waals surface area contributed by atoms with E-state index in [1.165, 1.54) is 0 Å². The van der Waals surface area contributed by atoms with Crippen LogP contribution < -0.4 is 11.1 Å². The SMILES string of the molecule is CCCC(C)(NC(=O)CCCCCCN)C(=O)O. The number of carboxylic acids is 1. The van der Waals surface area contributed by atoms with Gasteiger partial charge in [0.1, 0.15) is 5.54 Å². The highest BCUT2D eigenvalue weighted by atomic mass is 16.4. The molecule has 0 aliphatic rings. The highest BCUT2D eigenvalue weighted by Crippen LogP contribution is 2.13. The number of carbonyl (C=O) groups is 2. The van der Waals surface area contributed by atoms with Gasteiger partial charge in [0.2, 0.25) is 5.91 Å². The zero-order chi connectivity index (χ0) is 14.0. The lowest BCUT2D eigenvalue weighted by Gasteiger charge is -2.25. The number of unbranched alkanes of at least 4 members (excludes halogenated alkanes) is 3. The Morgan fingerprint density at radius 1 is 1.22 bits per heavy atom. The van der Waals surface area contributed by atoms with Crippen LogP contribution in [0.1, 0.15) is 58.8 Å². The van der Waals surface area contributed by atoms with Crippen molar-refractivity contribution in [2.24, 2.45) is 5.73 Å². The molecule has 5 heteroatoms. The Bertz CT molecular complexity index is 269. The lowest BCUT2D eigenvalue weighted by atomic mass is 9.96. The third-order valence-corrected chi connectivity index (χ3v) is 3.00. The Hall–Kier alpha value is -1.10. The summed E-state index contributed by atoms with van der Waals surface area (Å²) in [6.07, 6.45) is 5.30. The number of amides is 1. The van der Waals surface area contributed by atoms with E-state index in [1.54, 1.807) is 6.92 Å². The second-order valence-corrected chi connectivity index (χ2v) is 4.89. The normalized spacial score (nSPS) is 13.9. The molecule has 106 valence electrons. The second kappa shape index (κ2) is 8.91. The van der Waals surface area contributed by atoms with Gasteiger partial charge in [0.05, 0.1) is 0 Å². The van der Waals surface area contributed by atoms with Gasteiger partial charge < -0.3 is 16.2 Å². The van der Waals surface area contributed by atoms with Crippen molar-refractivity contribution < 1.29 is 14.7 Å². The summed E-state index contributed by atoms with van der Waals surface area (Å²) in [5.74, 6) is -1.15. The molecule has 0 rings (SSSR count). The lowest BCUT2D eigenvalue weighted by Crippen LogP contribution is -2.52. The molecule has 0 aromatic heterocycles. The van der Waals surface area contributed by atoms with Crippen molar-refractivity contribution >= 4 is 11.9 Å². The van der Waals surface area contributed by atoms with E-state index in [-0.39, 0.29) is 5.91 Å². The molecule has 0 bridgehead atoms. The number of hydrogen-bond acceptors (Lipinski definition) is 3. The van der Waals surface area contributed by atoms with E-state index in [1.807, 2.05) is 6.92 Å². The molecule has 5 nitrogen and oxygen atoms in total. The van der Waals surface area contributed by atoms with Gasteiger partial charge in [-0.05, 0) is 32.7 Å². The summed E-state index contributed by atoms with van der Waals surface area (Å²) in [5, 5.41) is 11.7. The van der Waals surface area contributed by atoms with Gasteiger partial charge in [0.25, 0.3) is 0 Å². The molecule has 0 aliphatic heterocycles. The topological polar surface area (TPSA) is 92.4 Å². The van der Waals surface area contributed by atoms with Gasteiger partial charge in [0, 0.05) is 6.42 Å². The zero-order valence-electron chi connectivity index (χ0n) is 11.5. The van der Waals surface area contributed by atoms with Crippen molar-refractivity contribution in [1.29, 1.82) is 0 Å². The summed E-state index contributed by atoms with van der Waals surface area (Å²) in [5.41, 5.74) is 4.24. The van der Waals surface area contributed by atoms with E-state index in [9.17, 15) is 9.59 Å². The zero-order valence-corrected chi connectivity index (χ0v) is 11.5. The fourth-order valence-corrected chi connectivity index (χ4v) is 1.88. The maximum atomic E-state index is 11.7. The first-order valence-corrected chi connectivity index (χ1v) is 6.70. The summed E-state index contributed by atoms with van der Waals surface area (Å²) in [4.78, 5) is 22.8. The summed E-state index contributed by atoms with van der Waals surface area (Å²) in [6, 6.07) is 0. The number of hydrogen-bond donors (Lipinski definition) is 3. The molecule has 1 atom stereocenters. The number of nitrogens with two attached hydrogens (primary N) is 1. The Morgan fingerprint density at radius 3 is 2.33 bits per heavy atom. The van der Waals surface area contributed by atoms with E-state index in [4.69, 9.17) is 10.8 Å². The van der Waals surface area contributed by atoms with Gasteiger partial charge >= 0.3 is 5.97 Å². The first kappa shape index (κ1) is 16.9. The third kappa shape index (κ3) is 6.59. The Morgan fingerprint density at radius 2 is 1.83 bits per heavy atom. The third-order valence-electron chi connectivity index (χ3n) is 3.00. The molecule has 0 heterocycles. The van der Waals surface area contributed by atoms with Crippen LogP contribution in [0.25, 0.3) is 0 Å². The molecular formula is C13H26N2O3. The molecule has 0 saturated carbocycles. The number of nitrogens with one attached hydrogen (secondary N) is 1. The van der Waals surface area contributed by atoms with Crippen LogP contribution in [0.4, 0.5) is 0 Å². The fourth-order valence-electron chi connectivity index (χ4n) is 1.88. The van der Waals surface area contributed by atoms with Crippen molar-refractivity contribution in [2.75, 3.05) is 6.54 Å². The summed E-state index contributed by atoms with van der Waals surface area (Å²) < 4.78 is 0. The monoisotopic (exact) mass is 258 g/mol. The van der Waals surface area contributed by atoms with Crippen molar-refractivity contribution in [3.05, 3.63) is 0 Å². The van der Waals surface area contributed by atoms with Gasteiger partial charge in [-0.15, -0.1) is 0 Å². The fraction of sp³-hybridized carbons (Fsp3) is 0.846. The van der Waals surface area contributed by atoms with Crippen molar-refractivity contribution in [3.8, 4) is 0 Å². The average Bonchev–Trinajstić information content (AvgIpc) is 2.28. The number of carboxylic acid groups (broad SMARTS) is 1. The molecule has 0 saturated heterocycles. The molecule has 1 unspecified atom stereocenters. The number of aliphatic carboxylic acids is 1. The summed E-state index contributed by atoms with van der Waals surface area (Å²) in [6.45, 7) is 4.14. The van der Waals surface area contributed by atoms with E-state index in [2.05, 4.69) is 5.32 Å². The molecule has 0 fully saturated rings. The molecule has 0 spiro atoms. The Balaban J connectivity index is 4.00. The predicted molar refractivity (Wildman–Crippen MR) is 71.2 cm³/mol. The minimum Gasteiger partial charge on any atom is -0.480 e. The van der Waals surface area contributed by atoms with Crippen LogP contribution in [-0.2, 0) is 9.59 Å². The number of carbonyl (C=O) groups excluding carboxylic acids is 1. The summed E-state index contributed by atoms with van der Waals surface area (Å²) in [7, 11) is 0. The Labute approximate surface area is 109 Å². The van der Waals surface area contributed by atoms with Crippen LogP contribution in [0.3, 0.4) is 0 Å². The molecular weight excluding hydrogens is 232 g/mol. The van der Waals surface area contributed by atoms with E-state index in [0.717, 1.165) is 32.1 Å². The minimum absolute atomic E-state index is 0.180. The molecule has 18 heavy (non-hydrogen) atoms. The maximum absolute atomic E-state index is 11.7. The second-order valence-electron chi connectivity index (χ2n) is 4.89. The Kier molecular flexibility index (Phi) is 8.37. The van der Waals surface area contributed by atoms with Crippen molar-refractivity contribution in [2.45, 2.75) is 64.3 Å². The molecule has 1 amide bonds. The molecule has 0 aromatic rings. The van der Waals surface area contributed by atoms with Gasteiger partial charge in [0.15, 0.2) is 0 Å². The molecule has 0 radical (unpaired) electrons. The lowest BCUT2D eigenvalue weighted by molar-refractivity contribution is -0.147. The minimum atomic E-state index is -1.14. The van der Waals surface area contributed by atoms with Crippen LogP contribution in [0.2, 0.25) is 0 Å². The van der Waals surface area contributed by atoms with Crippen LogP contribution >= 0.6 is 0 Å². The molecule has 4 N–H and O–H groups in total. The van der Waals surface area contributed by atoms with Gasteiger partial charge in [-0.3, -0.25) is 4.79 Å². The molecule has 0 aromatic carbocycles. The standard InChI is InChI=1S/C13H26N2O3/c1-3-9-13(2,12(17)18)15-11(16)8-6-4-5-7-10-14/h3-10,14H2,1-2H3,(H,15,16)(H,17,18). The summed E-state index contributed by atoms with van der Waals surface area (Å²) >= 11 is 0. The van der Waals surface area contributed by atoms with E-state index >= 15 is 0 Å². The predicted octanol–water partition coefficient (Wildman–Crippen LogP) is 1.66. The van der Waals surface area contributed by atoms with Gasteiger partial charge in [-0.25, -0.2) is 4.79 Å². The first-order valence-electron chi connectivity index (χ1n) is 6.70. The van der Waals surface area contributed by atoms with E-state index in [0.29, 0.717) is 19.4 Å².